The Bertz CT molecular complexity index is 1040. The maximum atomic E-state index is 12.7. The lowest BCUT2D eigenvalue weighted by Crippen LogP contribution is -2.47. The minimum absolute atomic E-state index is 0.0420. The molecule has 0 bridgehead atoms. The number of esters is 1. The second-order valence-electron chi connectivity index (χ2n) is 8.56. The van der Waals surface area contributed by atoms with E-state index < -0.39 is 33.5 Å². The van der Waals surface area contributed by atoms with Gasteiger partial charge in [0.05, 0.1) is 10.6 Å². The quantitative estimate of drug-likeness (QED) is 0.561. The van der Waals surface area contributed by atoms with Crippen molar-refractivity contribution >= 4 is 33.2 Å². The third kappa shape index (κ3) is 7.59. The predicted molar refractivity (Wildman–Crippen MR) is 123 cm³/mol. The average Bonchev–Trinajstić information content (AvgIpc) is 3.17. The third-order valence-electron chi connectivity index (χ3n) is 4.58. The number of ether oxygens (including phenoxy) is 2. The highest BCUT2D eigenvalue weighted by Crippen LogP contribution is 2.25. The summed E-state index contributed by atoms with van der Waals surface area (Å²) in [7, 11) is -3.26. The summed E-state index contributed by atoms with van der Waals surface area (Å²) in [5, 5.41) is 5.06. The second kappa shape index (κ2) is 10.4. The van der Waals surface area contributed by atoms with Crippen LogP contribution in [0.5, 0.6) is 0 Å². The third-order valence-corrected chi connectivity index (χ3v) is 6.65. The molecule has 10 heteroatoms. The van der Waals surface area contributed by atoms with Crippen molar-refractivity contribution < 1.29 is 27.5 Å². The van der Waals surface area contributed by atoms with E-state index in [9.17, 15) is 18.0 Å². The number of nitrogens with one attached hydrogen (secondary N) is 1. The number of thiazole rings is 1. The average molecular weight is 483 g/mol. The molecule has 1 aromatic heterocycles. The Hall–Kier alpha value is -2.46. The van der Waals surface area contributed by atoms with Crippen molar-refractivity contribution in [3.05, 3.63) is 35.3 Å². The zero-order chi connectivity index (χ0) is 24.1. The van der Waals surface area contributed by atoms with Gasteiger partial charge in [-0.3, -0.25) is 0 Å². The summed E-state index contributed by atoms with van der Waals surface area (Å²) in [6.07, 6.45) is 1.15. The molecule has 1 N–H and O–H groups in total. The summed E-state index contributed by atoms with van der Waals surface area (Å²) in [5.41, 5.74) is 0.652. The van der Waals surface area contributed by atoms with Crippen molar-refractivity contribution in [2.45, 2.75) is 64.2 Å². The number of carbonyl (C=O) groups is 2. The van der Waals surface area contributed by atoms with Crippen molar-refractivity contribution in [3.63, 3.8) is 0 Å². The molecule has 176 valence electrons. The number of aromatic nitrogens is 1. The monoisotopic (exact) mass is 482 g/mol. The van der Waals surface area contributed by atoms with Crippen LogP contribution in [0.25, 0.3) is 10.6 Å². The first-order chi connectivity index (χ1) is 14.8. The lowest BCUT2D eigenvalue weighted by atomic mass is 9.99. The van der Waals surface area contributed by atoms with Crippen molar-refractivity contribution in [3.8, 4) is 10.6 Å². The van der Waals surface area contributed by atoms with Crippen molar-refractivity contribution in [1.29, 1.82) is 0 Å². The van der Waals surface area contributed by atoms with E-state index in [4.69, 9.17) is 9.47 Å². The molecule has 2 aromatic rings. The van der Waals surface area contributed by atoms with Crippen molar-refractivity contribution in [1.82, 2.24) is 10.3 Å². The minimum Gasteiger partial charge on any atom is -0.458 e. The van der Waals surface area contributed by atoms with Gasteiger partial charge in [-0.15, -0.1) is 11.3 Å². The maximum Gasteiger partial charge on any atom is 0.408 e. The first-order valence-corrected chi connectivity index (χ1v) is 13.0. The molecule has 2 rings (SSSR count). The number of carbonyl (C=O) groups excluding carboxylic acids is 2. The van der Waals surface area contributed by atoms with Gasteiger partial charge in [-0.2, -0.15) is 0 Å². The number of hydrogen-bond donors (Lipinski definition) is 1. The highest BCUT2D eigenvalue weighted by molar-refractivity contribution is 7.90. The first-order valence-electron chi connectivity index (χ1n) is 10.2. The van der Waals surface area contributed by atoms with Crippen LogP contribution in [-0.4, -0.2) is 43.4 Å². The number of nitrogens with zero attached hydrogens (tertiary/aromatic N) is 1. The molecule has 0 fully saturated rings. The van der Waals surface area contributed by atoms with Crippen LogP contribution in [0.15, 0.2) is 34.5 Å². The zero-order valence-electron chi connectivity index (χ0n) is 19.2. The summed E-state index contributed by atoms with van der Waals surface area (Å²) in [4.78, 5) is 29.5. The van der Waals surface area contributed by atoms with Gasteiger partial charge in [-0.05, 0) is 38.8 Å². The number of benzene rings is 1. The smallest absolute Gasteiger partial charge is 0.408 e. The highest BCUT2D eigenvalue weighted by Gasteiger charge is 2.29. The first kappa shape index (κ1) is 25.8. The summed E-state index contributed by atoms with van der Waals surface area (Å²) in [5.74, 6) is -0.702. The lowest BCUT2D eigenvalue weighted by Gasteiger charge is -2.25. The van der Waals surface area contributed by atoms with Gasteiger partial charge >= 0.3 is 12.1 Å². The fourth-order valence-corrected chi connectivity index (χ4v) is 4.13. The number of hydrogen-bond acceptors (Lipinski definition) is 8. The molecule has 0 radical (unpaired) electrons. The Labute approximate surface area is 193 Å². The van der Waals surface area contributed by atoms with E-state index in [2.05, 4.69) is 10.3 Å². The molecule has 32 heavy (non-hydrogen) atoms. The van der Waals surface area contributed by atoms with Gasteiger partial charge in [0, 0.05) is 17.2 Å². The van der Waals surface area contributed by atoms with Gasteiger partial charge in [0.2, 0.25) is 0 Å². The van der Waals surface area contributed by atoms with Crippen LogP contribution in [0.4, 0.5) is 4.79 Å². The van der Waals surface area contributed by atoms with Crippen LogP contribution in [0.3, 0.4) is 0 Å². The molecule has 2 atom stereocenters. The van der Waals surface area contributed by atoms with Crippen molar-refractivity contribution in [2.24, 2.45) is 5.92 Å². The Morgan fingerprint density at radius 3 is 2.34 bits per heavy atom. The standard InChI is InChI=1S/C22H30N2O6S2/c1-7-14(2)18(24-21(26)30-22(3,4)5)20(25)29-12-16-13-31-19(23-16)15-8-10-17(11-9-15)32(6,27)28/h8-11,13-14,18H,7,12H2,1-6H3,(H,24,26)/t14-,18+/m0/s1. The van der Waals surface area contributed by atoms with E-state index >= 15 is 0 Å². The molecule has 1 heterocycles. The van der Waals surface area contributed by atoms with Crippen LogP contribution >= 0.6 is 11.3 Å². The Balaban J connectivity index is 2.03. The summed E-state index contributed by atoms with van der Waals surface area (Å²) in [6, 6.07) is 5.61. The van der Waals surface area contributed by atoms with Crippen molar-refractivity contribution in [2.75, 3.05) is 6.26 Å². The topological polar surface area (TPSA) is 112 Å². The van der Waals surface area contributed by atoms with E-state index in [1.54, 1.807) is 38.3 Å². The summed E-state index contributed by atoms with van der Waals surface area (Å²) < 4.78 is 33.9. The SMILES string of the molecule is CC[C@H](C)[C@@H](NC(=O)OC(C)(C)C)C(=O)OCc1csc(-c2ccc(S(C)(=O)=O)cc2)n1. The molecule has 0 saturated carbocycles. The minimum atomic E-state index is -3.26. The molecule has 1 aromatic carbocycles. The molecular weight excluding hydrogens is 452 g/mol. The van der Waals surface area contributed by atoms with E-state index in [1.165, 1.54) is 23.5 Å². The fraction of sp³-hybridized carbons (Fsp3) is 0.500. The van der Waals surface area contributed by atoms with Crippen LogP contribution < -0.4 is 5.32 Å². The molecular formula is C22H30N2O6S2. The fourth-order valence-electron chi connectivity index (χ4n) is 2.69. The Morgan fingerprint density at radius 2 is 1.81 bits per heavy atom. The Morgan fingerprint density at radius 1 is 1.19 bits per heavy atom. The van der Waals surface area contributed by atoms with E-state index in [0.717, 1.165) is 11.8 Å². The van der Waals surface area contributed by atoms with Gasteiger partial charge in [-0.25, -0.2) is 23.0 Å². The molecule has 8 nitrogen and oxygen atoms in total. The zero-order valence-corrected chi connectivity index (χ0v) is 20.8. The molecule has 0 saturated heterocycles. The van der Waals surface area contributed by atoms with E-state index in [-0.39, 0.29) is 17.4 Å². The van der Waals surface area contributed by atoms with Gasteiger partial charge in [0.25, 0.3) is 0 Å². The number of amides is 1. The molecule has 0 aliphatic rings. The molecule has 0 aliphatic heterocycles. The van der Waals surface area contributed by atoms with Crippen LogP contribution in [0.1, 0.15) is 46.7 Å². The van der Waals surface area contributed by atoms with Gasteiger partial charge in [0.1, 0.15) is 23.3 Å². The largest absolute Gasteiger partial charge is 0.458 e. The van der Waals surface area contributed by atoms with Crippen LogP contribution in [0, 0.1) is 5.92 Å². The maximum absolute atomic E-state index is 12.7. The number of alkyl carbamates (subject to hydrolysis) is 1. The van der Waals surface area contributed by atoms with E-state index in [0.29, 0.717) is 17.1 Å². The van der Waals surface area contributed by atoms with Crippen LogP contribution in [0.2, 0.25) is 0 Å². The van der Waals surface area contributed by atoms with Gasteiger partial charge in [-0.1, -0.05) is 32.4 Å². The Kier molecular flexibility index (Phi) is 8.41. The number of rotatable bonds is 8. The van der Waals surface area contributed by atoms with Crippen LogP contribution in [-0.2, 0) is 30.7 Å². The molecule has 0 unspecified atom stereocenters. The van der Waals surface area contributed by atoms with E-state index in [1.807, 2.05) is 13.8 Å². The summed E-state index contributed by atoms with van der Waals surface area (Å²) >= 11 is 1.36. The molecule has 0 spiro atoms. The summed E-state index contributed by atoms with van der Waals surface area (Å²) in [6.45, 7) is 8.97. The highest BCUT2D eigenvalue weighted by atomic mass is 32.2. The lowest BCUT2D eigenvalue weighted by molar-refractivity contribution is -0.149. The normalized spacial score (nSPS) is 13.8. The molecule has 0 aliphatic carbocycles. The second-order valence-corrected chi connectivity index (χ2v) is 11.4. The number of sulfone groups is 1. The van der Waals surface area contributed by atoms with Gasteiger partial charge < -0.3 is 14.8 Å². The van der Waals surface area contributed by atoms with Gasteiger partial charge in [0.15, 0.2) is 9.84 Å². The molecule has 1 amide bonds. The predicted octanol–water partition coefficient (Wildman–Crippen LogP) is 4.20.